The maximum Gasteiger partial charge on any atom is 0.119 e. The summed E-state index contributed by atoms with van der Waals surface area (Å²) in [5, 5.41) is 8.57. The molecule has 0 fully saturated rings. The summed E-state index contributed by atoms with van der Waals surface area (Å²) in [6.45, 7) is 4.99. The predicted molar refractivity (Wildman–Crippen MR) is 99.4 cm³/mol. The SMILES string of the molecule is C#Cc1ccc(N=Nc2ccc(OCCCCCC)cc2C)cc1. The van der Waals surface area contributed by atoms with Gasteiger partial charge in [-0.3, -0.25) is 0 Å². The first-order valence-corrected chi connectivity index (χ1v) is 8.45. The minimum Gasteiger partial charge on any atom is -0.494 e. The third-order valence-corrected chi connectivity index (χ3v) is 3.74. The van der Waals surface area contributed by atoms with Crippen LogP contribution in [0.4, 0.5) is 11.4 Å². The number of ether oxygens (including phenoxy) is 1. The molecule has 0 saturated carbocycles. The topological polar surface area (TPSA) is 34.0 Å². The summed E-state index contributed by atoms with van der Waals surface area (Å²) in [6, 6.07) is 13.3. The Balaban J connectivity index is 1.93. The van der Waals surface area contributed by atoms with Gasteiger partial charge in [0.15, 0.2) is 0 Å². The van der Waals surface area contributed by atoms with Gasteiger partial charge in [0, 0.05) is 5.56 Å². The summed E-state index contributed by atoms with van der Waals surface area (Å²) in [6.07, 6.45) is 10.2. The van der Waals surface area contributed by atoms with Gasteiger partial charge < -0.3 is 4.74 Å². The van der Waals surface area contributed by atoms with E-state index in [-0.39, 0.29) is 0 Å². The van der Waals surface area contributed by atoms with Crippen molar-refractivity contribution in [1.29, 1.82) is 0 Å². The van der Waals surface area contributed by atoms with Crippen LogP contribution in [0.2, 0.25) is 0 Å². The predicted octanol–water partition coefficient (Wildman–Crippen LogP) is 6.35. The number of azo groups is 1. The molecule has 0 aliphatic carbocycles. The molecule has 3 heteroatoms. The van der Waals surface area contributed by atoms with Crippen LogP contribution in [0.3, 0.4) is 0 Å². The molecule has 0 saturated heterocycles. The fourth-order valence-electron chi connectivity index (χ4n) is 2.28. The van der Waals surface area contributed by atoms with E-state index < -0.39 is 0 Å². The van der Waals surface area contributed by atoms with Crippen LogP contribution in [0.15, 0.2) is 52.7 Å². The van der Waals surface area contributed by atoms with Gasteiger partial charge in [-0.15, -0.1) is 6.42 Å². The number of aryl methyl sites for hydroxylation is 1. The van der Waals surface area contributed by atoms with Gasteiger partial charge in [0.25, 0.3) is 0 Å². The number of nitrogens with zero attached hydrogens (tertiary/aromatic N) is 2. The molecule has 0 heterocycles. The number of unbranched alkanes of at least 4 members (excludes halogenated alkanes) is 3. The van der Waals surface area contributed by atoms with E-state index in [0.717, 1.165) is 41.3 Å². The second-order valence-corrected chi connectivity index (χ2v) is 5.75. The normalized spacial score (nSPS) is 10.7. The van der Waals surface area contributed by atoms with Crippen LogP contribution >= 0.6 is 0 Å². The van der Waals surface area contributed by atoms with Gasteiger partial charge in [0.2, 0.25) is 0 Å². The number of benzene rings is 2. The molecular formula is C21H24N2O. The standard InChI is InChI=1S/C21H24N2O/c1-4-6-7-8-15-24-20-13-14-21(17(3)16-20)23-22-19-11-9-18(5-2)10-12-19/h2,9-14,16H,4,6-8,15H2,1,3H3. The molecule has 2 aromatic carbocycles. The fraction of sp³-hybridized carbons (Fsp3) is 0.333. The molecule has 3 nitrogen and oxygen atoms in total. The Morgan fingerprint density at radius 1 is 1.00 bits per heavy atom. The first-order chi connectivity index (χ1) is 11.7. The van der Waals surface area contributed by atoms with Crippen LogP contribution in [0.25, 0.3) is 0 Å². The lowest BCUT2D eigenvalue weighted by Crippen LogP contribution is -1.97. The van der Waals surface area contributed by atoms with Gasteiger partial charge in [-0.05, 0) is 61.4 Å². The summed E-state index contributed by atoms with van der Waals surface area (Å²) in [4.78, 5) is 0. The van der Waals surface area contributed by atoms with E-state index in [1.807, 2.05) is 49.4 Å². The molecule has 0 aromatic heterocycles. The molecule has 24 heavy (non-hydrogen) atoms. The smallest absolute Gasteiger partial charge is 0.119 e. The van der Waals surface area contributed by atoms with Crippen molar-refractivity contribution in [2.75, 3.05) is 6.61 Å². The fourth-order valence-corrected chi connectivity index (χ4v) is 2.28. The van der Waals surface area contributed by atoms with Crippen molar-refractivity contribution in [3.8, 4) is 18.1 Å². The van der Waals surface area contributed by atoms with Gasteiger partial charge in [-0.25, -0.2) is 0 Å². The quantitative estimate of drug-likeness (QED) is 0.317. The number of hydrogen-bond acceptors (Lipinski definition) is 3. The zero-order chi connectivity index (χ0) is 17.2. The first-order valence-electron chi connectivity index (χ1n) is 8.45. The average Bonchev–Trinajstić information content (AvgIpc) is 2.61. The third-order valence-electron chi connectivity index (χ3n) is 3.74. The summed E-state index contributed by atoms with van der Waals surface area (Å²) < 4.78 is 5.79. The van der Waals surface area contributed by atoms with E-state index in [9.17, 15) is 0 Å². The molecule has 0 aliphatic rings. The van der Waals surface area contributed by atoms with Crippen LogP contribution in [0, 0.1) is 19.3 Å². The lowest BCUT2D eigenvalue weighted by molar-refractivity contribution is 0.305. The van der Waals surface area contributed by atoms with E-state index in [0.29, 0.717) is 0 Å². The zero-order valence-electron chi connectivity index (χ0n) is 14.5. The van der Waals surface area contributed by atoms with Crippen LogP contribution in [0.5, 0.6) is 5.75 Å². The van der Waals surface area contributed by atoms with Crippen molar-refractivity contribution in [1.82, 2.24) is 0 Å². The van der Waals surface area contributed by atoms with Crippen molar-refractivity contribution < 1.29 is 4.74 Å². The molecule has 0 N–H and O–H groups in total. The minimum absolute atomic E-state index is 0.766. The van der Waals surface area contributed by atoms with Gasteiger partial charge >= 0.3 is 0 Å². The highest BCUT2D eigenvalue weighted by Gasteiger charge is 2.01. The second kappa shape index (κ2) is 9.52. The van der Waals surface area contributed by atoms with Crippen molar-refractivity contribution in [2.45, 2.75) is 39.5 Å². The lowest BCUT2D eigenvalue weighted by atomic mass is 10.2. The second-order valence-electron chi connectivity index (χ2n) is 5.75. The molecular weight excluding hydrogens is 296 g/mol. The largest absolute Gasteiger partial charge is 0.494 e. The summed E-state index contributed by atoms with van der Waals surface area (Å²) in [5.74, 6) is 3.48. The summed E-state index contributed by atoms with van der Waals surface area (Å²) >= 11 is 0. The van der Waals surface area contributed by atoms with E-state index in [4.69, 9.17) is 11.2 Å². The molecule has 0 amide bonds. The van der Waals surface area contributed by atoms with E-state index >= 15 is 0 Å². The van der Waals surface area contributed by atoms with Crippen LogP contribution in [-0.4, -0.2) is 6.61 Å². The van der Waals surface area contributed by atoms with Crippen molar-refractivity contribution in [3.63, 3.8) is 0 Å². The molecule has 0 spiro atoms. The van der Waals surface area contributed by atoms with E-state index in [1.165, 1.54) is 19.3 Å². The average molecular weight is 320 g/mol. The Morgan fingerprint density at radius 2 is 1.79 bits per heavy atom. The monoisotopic (exact) mass is 320 g/mol. The van der Waals surface area contributed by atoms with Crippen molar-refractivity contribution >= 4 is 11.4 Å². The maximum atomic E-state index is 5.79. The van der Waals surface area contributed by atoms with Crippen LogP contribution in [0.1, 0.15) is 43.7 Å². The molecule has 124 valence electrons. The zero-order valence-corrected chi connectivity index (χ0v) is 14.5. The van der Waals surface area contributed by atoms with Crippen LogP contribution < -0.4 is 4.74 Å². The van der Waals surface area contributed by atoms with Gasteiger partial charge in [-0.2, -0.15) is 10.2 Å². The number of terminal acetylenes is 1. The molecule has 0 unspecified atom stereocenters. The Morgan fingerprint density at radius 3 is 2.46 bits per heavy atom. The van der Waals surface area contributed by atoms with Crippen molar-refractivity contribution in [3.05, 3.63) is 53.6 Å². The summed E-state index contributed by atoms with van der Waals surface area (Å²) in [5.41, 5.74) is 3.51. The Bertz CT molecular complexity index is 712. The highest BCUT2D eigenvalue weighted by Crippen LogP contribution is 2.26. The molecule has 2 aromatic rings. The minimum atomic E-state index is 0.766. The first kappa shape index (κ1) is 17.7. The Hall–Kier alpha value is -2.60. The number of hydrogen-bond donors (Lipinski definition) is 0. The Labute approximate surface area is 144 Å². The van der Waals surface area contributed by atoms with Gasteiger partial charge in [0.1, 0.15) is 5.75 Å². The molecule has 0 atom stereocenters. The van der Waals surface area contributed by atoms with Gasteiger partial charge in [-0.1, -0.05) is 32.1 Å². The molecule has 0 radical (unpaired) electrons. The third kappa shape index (κ3) is 5.55. The van der Waals surface area contributed by atoms with Crippen LogP contribution in [-0.2, 0) is 0 Å². The summed E-state index contributed by atoms with van der Waals surface area (Å²) in [7, 11) is 0. The van der Waals surface area contributed by atoms with Crippen molar-refractivity contribution in [2.24, 2.45) is 10.2 Å². The molecule has 0 bridgehead atoms. The van der Waals surface area contributed by atoms with E-state index in [2.05, 4.69) is 23.1 Å². The van der Waals surface area contributed by atoms with E-state index in [1.54, 1.807) is 0 Å². The lowest BCUT2D eigenvalue weighted by Gasteiger charge is -2.07. The highest BCUT2D eigenvalue weighted by molar-refractivity contribution is 5.50. The molecule has 0 aliphatic heterocycles. The molecule has 2 rings (SSSR count). The Kier molecular flexibility index (Phi) is 7.04. The maximum absolute atomic E-state index is 5.79. The number of rotatable bonds is 8. The van der Waals surface area contributed by atoms with Gasteiger partial charge in [0.05, 0.1) is 18.0 Å². The highest BCUT2D eigenvalue weighted by atomic mass is 16.5.